The number of aliphatic carboxylic acids is 1. The van der Waals surface area contributed by atoms with E-state index in [0.717, 1.165) is 10.6 Å². The standard InChI is InChI=1S/C17H20N2O3S/c1-11(2)15-18-9-14(23-15)16(20)19(12(3)17(21)22)10-13-7-5-4-6-8-13/h4-9,11-12H,10H2,1-3H3,(H,21,22). The van der Waals surface area contributed by atoms with Gasteiger partial charge in [0.25, 0.3) is 5.91 Å². The maximum atomic E-state index is 12.8. The van der Waals surface area contributed by atoms with E-state index >= 15 is 0 Å². The van der Waals surface area contributed by atoms with Crippen molar-refractivity contribution >= 4 is 23.2 Å². The van der Waals surface area contributed by atoms with E-state index < -0.39 is 12.0 Å². The molecular formula is C17H20N2O3S. The van der Waals surface area contributed by atoms with Gasteiger partial charge in [-0.05, 0) is 12.5 Å². The topological polar surface area (TPSA) is 70.5 Å². The average molecular weight is 332 g/mol. The maximum absolute atomic E-state index is 12.8. The van der Waals surface area contributed by atoms with Crippen molar-refractivity contribution in [3.8, 4) is 0 Å². The van der Waals surface area contributed by atoms with Gasteiger partial charge in [-0.15, -0.1) is 11.3 Å². The number of hydrogen-bond donors (Lipinski definition) is 1. The zero-order valence-electron chi connectivity index (χ0n) is 13.4. The molecule has 1 aromatic carbocycles. The molecule has 23 heavy (non-hydrogen) atoms. The summed E-state index contributed by atoms with van der Waals surface area (Å²) in [5.74, 6) is -1.09. The van der Waals surface area contributed by atoms with Crippen LogP contribution in [0.2, 0.25) is 0 Å². The number of carboxylic acids is 1. The summed E-state index contributed by atoms with van der Waals surface area (Å²) in [7, 11) is 0. The number of amides is 1. The normalized spacial score (nSPS) is 12.2. The van der Waals surface area contributed by atoms with Crippen molar-refractivity contribution in [3.05, 3.63) is 52.0 Å². The molecule has 0 spiro atoms. The van der Waals surface area contributed by atoms with Crippen molar-refractivity contribution in [2.24, 2.45) is 0 Å². The summed E-state index contributed by atoms with van der Waals surface area (Å²) >= 11 is 1.32. The average Bonchev–Trinajstić information content (AvgIpc) is 3.02. The van der Waals surface area contributed by atoms with Gasteiger partial charge in [-0.25, -0.2) is 9.78 Å². The predicted octanol–water partition coefficient (Wildman–Crippen LogP) is 3.38. The first-order valence-corrected chi connectivity index (χ1v) is 8.25. The molecule has 0 aliphatic carbocycles. The fourth-order valence-corrected chi connectivity index (χ4v) is 2.97. The Bertz CT molecular complexity index is 682. The molecule has 1 heterocycles. The van der Waals surface area contributed by atoms with Crippen LogP contribution in [0.4, 0.5) is 0 Å². The van der Waals surface area contributed by atoms with Crippen LogP contribution >= 0.6 is 11.3 Å². The second-order valence-electron chi connectivity index (χ2n) is 5.65. The Morgan fingerprint density at radius 2 is 1.87 bits per heavy atom. The smallest absolute Gasteiger partial charge is 0.326 e. The van der Waals surface area contributed by atoms with Crippen molar-refractivity contribution in [2.45, 2.75) is 39.3 Å². The van der Waals surface area contributed by atoms with Gasteiger partial charge >= 0.3 is 5.97 Å². The van der Waals surface area contributed by atoms with Gasteiger partial charge in [-0.3, -0.25) is 4.79 Å². The summed E-state index contributed by atoms with van der Waals surface area (Å²) in [6, 6.07) is 8.46. The Hall–Kier alpha value is -2.21. The zero-order chi connectivity index (χ0) is 17.0. The summed E-state index contributed by atoms with van der Waals surface area (Å²) in [4.78, 5) is 30.2. The first-order chi connectivity index (χ1) is 10.9. The van der Waals surface area contributed by atoms with Gasteiger partial charge in [-0.1, -0.05) is 44.2 Å². The van der Waals surface area contributed by atoms with Gasteiger partial charge in [0.05, 0.1) is 11.2 Å². The Labute approximate surface area is 139 Å². The van der Waals surface area contributed by atoms with Crippen LogP contribution in [0, 0.1) is 0 Å². The summed E-state index contributed by atoms with van der Waals surface area (Å²) < 4.78 is 0. The van der Waals surface area contributed by atoms with E-state index in [9.17, 15) is 14.7 Å². The molecule has 0 radical (unpaired) electrons. The molecule has 6 heteroatoms. The van der Waals surface area contributed by atoms with Crippen LogP contribution in [0.15, 0.2) is 36.5 Å². The lowest BCUT2D eigenvalue weighted by molar-refractivity contribution is -0.141. The molecule has 0 bridgehead atoms. The molecule has 122 valence electrons. The van der Waals surface area contributed by atoms with Crippen LogP contribution in [0.3, 0.4) is 0 Å². The van der Waals surface area contributed by atoms with E-state index in [4.69, 9.17) is 0 Å². The van der Waals surface area contributed by atoms with E-state index in [0.29, 0.717) is 4.88 Å². The molecule has 1 N–H and O–H groups in total. The summed E-state index contributed by atoms with van der Waals surface area (Å²) in [6.07, 6.45) is 1.54. The number of carbonyl (C=O) groups excluding carboxylic acids is 1. The van der Waals surface area contributed by atoms with Gasteiger partial charge in [0.15, 0.2) is 0 Å². The Morgan fingerprint density at radius 3 is 2.39 bits per heavy atom. The Kier molecular flexibility index (Phi) is 5.50. The van der Waals surface area contributed by atoms with E-state index in [-0.39, 0.29) is 18.4 Å². The van der Waals surface area contributed by atoms with Crippen LogP contribution in [-0.2, 0) is 11.3 Å². The van der Waals surface area contributed by atoms with Gasteiger partial charge in [-0.2, -0.15) is 0 Å². The number of carbonyl (C=O) groups is 2. The summed E-state index contributed by atoms with van der Waals surface area (Å²) in [6.45, 7) is 5.79. The lowest BCUT2D eigenvalue weighted by Gasteiger charge is -2.26. The first-order valence-electron chi connectivity index (χ1n) is 7.43. The summed E-state index contributed by atoms with van der Waals surface area (Å²) in [5.41, 5.74) is 0.891. The summed E-state index contributed by atoms with van der Waals surface area (Å²) in [5, 5.41) is 10.2. The highest BCUT2D eigenvalue weighted by Crippen LogP contribution is 2.23. The number of benzene rings is 1. The van der Waals surface area contributed by atoms with Gasteiger partial charge in [0.2, 0.25) is 0 Å². The molecule has 0 saturated heterocycles. The monoisotopic (exact) mass is 332 g/mol. The largest absolute Gasteiger partial charge is 0.480 e. The van der Waals surface area contributed by atoms with E-state index in [1.54, 1.807) is 0 Å². The van der Waals surface area contributed by atoms with Gasteiger partial charge in [0.1, 0.15) is 10.9 Å². The van der Waals surface area contributed by atoms with Gasteiger partial charge < -0.3 is 10.0 Å². The van der Waals surface area contributed by atoms with Crippen molar-refractivity contribution < 1.29 is 14.7 Å². The number of nitrogens with zero attached hydrogens (tertiary/aromatic N) is 2. The molecule has 0 aliphatic heterocycles. The highest BCUT2D eigenvalue weighted by Gasteiger charge is 2.28. The van der Waals surface area contributed by atoms with E-state index in [2.05, 4.69) is 4.98 Å². The van der Waals surface area contributed by atoms with Crippen LogP contribution in [0.1, 0.15) is 46.9 Å². The highest BCUT2D eigenvalue weighted by atomic mass is 32.1. The molecule has 1 amide bonds. The molecule has 2 aromatic rings. The molecule has 0 saturated carbocycles. The molecule has 2 rings (SSSR count). The highest BCUT2D eigenvalue weighted by molar-refractivity contribution is 7.13. The molecule has 1 aromatic heterocycles. The lowest BCUT2D eigenvalue weighted by atomic mass is 10.1. The van der Waals surface area contributed by atoms with Crippen LogP contribution in [0.25, 0.3) is 0 Å². The second-order valence-corrected chi connectivity index (χ2v) is 6.71. The molecule has 5 nitrogen and oxygen atoms in total. The van der Waals surface area contributed by atoms with Gasteiger partial charge in [0, 0.05) is 12.5 Å². The molecule has 0 aliphatic rings. The lowest BCUT2D eigenvalue weighted by Crippen LogP contribution is -2.42. The SMILES string of the molecule is CC(C)c1ncc(C(=O)N(Cc2ccccc2)C(C)C(=O)O)s1. The fourth-order valence-electron chi connectivity index (χ4n) is 2.09. The zero-order valence-corrected chi connectivity index (χ0v) is 14.2. The maximum Gasteiger partial charge on any atom is 0.326 e. The second kappa shape index (κ2) is 7.37. The first kappa shape index (κ1) is 17.1. The van der Waals surface area contributed by atoms with Crippen molar-refractivity contribution in [1.29, 1.82) is 0 Å². The minimum atomic E-state index is -1.03. The Morgan fingerprint density at radius 1 is 1.22 bits per heavy atom. The predicted molar refractivity (Wildman–Crippen MR) is 89.6 cm³/mol. The van der Waals surface area contributed by atoms with E-state index in [1.807, 2.05) is 44.2 Å². The van der Waals surface area contributed by atoms with Crippen molar-refractivity contribution in [1.82, 2.24) is 9.88 Å². The molecule has 1 atom stereocenters. The molecular weight excluding hydrogens is 312 g/mol. The quantitative estimate of drug-likeness (QED) is 0.880. The minimum Gasteiger partial charge on any atom is -0.480 e. The van der Waals surface area contributed by atoms with Crippen molar-refractivity contribution in [3.63, 3.8) is 0 Å². The van der Waals surface area contributed by atoms with Crippen LogP contribution < -0.4 is 0 Å². The molecule has 0 fully saturated rings. The number of thiazole rings is 1. The fraction of sp³-hybridized carbons (Fsp3) is 0.353. The molecule has 1 unspecified atom stereocenters. The Balaban J connectivity index is 2.28. The minimum absolute atomic E-state index is 0.237. The van der Waals surface area contributed by atoms with Crippen molar-refractivity contribution in [2.75, 3.05) is 0 Å². The number of rotatable bonds is 6. The number of aromatic nitrogens is 1. The van der Waals surface area contributed by atoms with Crippen LogP contribution in [-0.4, -0.2) is 32.9 Å². The third kappa shape index (κ3) is 4.16. The van der Waals surface area contributed by atoms with Crippen LogP contribution in [0.5, 0.6) is 0 Å². The number of carboxylic acid groups (broad SMARTS) is 1. The number of hydrogen-bond acceptors (Lipinski definition) is 4. The third-order valence-corrected chi connectivity index (χ3v) is 4.80. The third-order valence-electron chi connectivity index (χ3n) is 3.51. The van der Waals surface area contributed by atoms with E-state index in [1.165, 1.54) is 29.4 Å².